The van der Waals surface area contributed by atoms with Crippen molar-refractivity contribution in [1.29, 1.82) is 0 Å². The van der Waals surface area contributed by atoms with E-state index >= 15 is 0 Å². The Labute approximate surface area is 146 Å². The summed E-state index contributed by atoms with van der Waals surface area (Å²) in [5, 5.41) is 3.00. The van der Waals surface area contributed by atoms with Crippen LogP contribution < -0.4 is 5.32 Å². The van der Waals surface area contributed by atoms with Gasteiger partial charge in [-0.3, -0.25) is 0 Å². The number of H-pyrrole nitrogens is 1. The van der Waals surface area contributed by atoms with Crippen molar-refractivity contribution in [3.63, 3.8) is 0 Å². The van der Waals surface area contributed by atoms with Gasteiger partial charge < -0.3 is 15.0 Å². The van der Waals surface area contributed by atoms with Crippen molar-refractivity contribution in [2.45, 2.75) is 18.9 Å². The van der Waals surface area contributed by atoms with Crippen LogP contribution in [0, 0.1) is 0 Å². The number of alkyl carbamates (subject to hydrolysis) is 1. The normalized spacial score (nSPS) is 12.5. The first-order valence-electron chi connectivity index (χ1n) is 8.41. The van der Waals surface area contributed by atoms with Gasteiger partial charge in [-0.25, -0.2) is 9.78 Å². The number of carbonyl (C=O) groups is 1. The zero-order valence-corrected chi connectivity index (χ0v) is 13.7. The SMILES string of the molecule is O=C(NC1c2ccccc2-c2ccccc21)OCCCc1cnc[nH]1. The highest BCUT2D eigenvalue weighted by molar-refractivity contribution is 5.81. The number of aryl methyl sites for hydroxylation is 1. The highest BCUT2D eigenvalue weighted by Crippen LogP contribution is 2.42. The molecule has 0 atom stereocenters. The maximum absolute atomic E-state index is 12.2. The fourth-order valence-corrected chi connectivity index (χ4v) is 3.32. The summed E-state index contributed by atoms with van der Waals surface area (Å²) in [6, 6.07) is 16.2. The summed E-state index contributed by atoms with van der Waals surface area (Å²) in [5.74, 6) is 0. The summed E-state index contributed by atoms with van der Waals surface area (Å²) in [7, 11) is 0. The van der Waals surface area contributed by atoms with Crippen LogP contribution in [0.4, 0.5) is 4.79 Å². The molecule has 0 aliphatic heterocycles. The molecular weight excluding hydrogens is 314 g/mol. The van der Waals surface area contributed by atoms with Crippen LogP contribution in [0.15, 0.2) is 61.1 Å². The second-order valence-corrected chi connectivity index (χ2v) is 6.07. The molecule has 2 N–H and O–H groups in total. The molecule has 0 spiro atoms. The van der Waals surface area contributed by atoms with Crippen molar-refractivity contribution in [2.75, 3.05) is 6.61 Å². The average Bonchev–Trinajstić information content (AvgIpc) is 3.26. The van der Waals surface area contributed by atoms with Crippen molar-refractivity contribution >= 4 is 6.09 Å². The van der Waals surface area contributed by atoms with E-state index in [-0.39, 0.29) is 12.1 Å². The van der Waals surface area contributed by atoms with Gasteiger partial charge in [0.05, 0.1) is 19.0 Å². The second kappa shape index (κ2) is 6.81. The number of imidazole rings is 1. The number of aromatic amines is 1. The third-order valence-corrected chi connectivity index (χ3v) is 4.47. The number of carbonyl (C=O) groups excluding carboxylic acids is 1. The van der Waals surface area contributed by atoms with E-state index in [9.17, 15) is 4.79 Å². The lowest BCUT2D eigenvalue weighted by atomic mass is 10.1. The molecule has 126 valence electrons. The zero-order valence-electron chi connectivity index (χ0n) is 13.7. The number of benzene rings is 2. The molecule has 0 saturated carbocycles. The van der Waals surface area contributed by atoms with Gasteiger partial charge in [-0.15, -0.1) is 0 Å². The molecule has 1 aromatic heterocycles. The fourth-order valence-electron chi connectivity index (χ4n) is 3.32. The Balaban J connectivity index is 1.39. The van der Waals surface area contributed by atoms with Crippen LogP contribution in [0.2, 0.25) is 0 Å². The van der Waals surface area contributed by atoms with Gasteiger partial charge >= 0.3 is 6.09 Å². The van der Waals surface area contributed by atoms with Crippen molar-refractivity contribution in [3.8, 4) is 11.1 Å². The first-order chi connectivity index (χ1) is 12.3. The Morgan fingerprint density at radius 3 is 2.40 bits per heavy atom. The van der Waals surface area contributed by atoms with Gasteiger partial charge in [0.15, 0.2) is 0 Å². The molecule has 1 aliphatic carbocycles. The molecule has 5 heteroatoms. The van der Waals surface area contributed by atoms with E-state index in [1.54, 1.807) is 12.5 Å². The van der Waals surface area contributed by atoms with E-state index in [0.29, 0.717) is 6.61 Å². The third-order valence-electron chi connectivity index (χ3n) is 4.47. The predicted octanol–water partition coefficient (Wildman–Crippen LogP) is 3.84. The first-order valence-corrected chi connectivity index (χ1v) is 8.41. The lowest BCUT2D eigenvalue weighted by Gasteiger charge is -2.15. The minimum absolute atomic E-state index is 0.160. The topological polar surface area (TPSA) is 67.0 Å². The lowest BCUT2D eigenvalue weighted by Crippen LogP contribution is -2.29. The molecule has 5 nitrogen and oxygen atoms in total. The molecule has 1 aliphatic rings. The molecule has 4 rings (SSSR count). The Kier molecular flexibility index (Phi) is 4.21. The van der Waals surface area contributed by atoms with Gasteiger partial charge in [0.1, 0.15) is 0 Å². The molecule has 0 bridgehead atoms. The number of hydrogen-bond donors (Lipinski definition) is 2. The number of nitrogens with zero attached hydrogens (tertiary/aromatic N) is 1. The number of ether oxygens (including phenoxy) is 1. The number of hydrogen-bond acceptors (Lipinski definition) is 3. The molecule has 0 saturated heterocycles. The Bertz CT molecular complexity index is 829. The Morgan fingerprint density at radius 1 is 1.08 bits per heavy atom. The smallest absolute Gasteiger partial charge is 0.407 e. The number of nitrogens with one attached hydrogen (secondary N) is 2. The Morgan fingerprint density at radius 2 is 1.76 bits per heavy atom. The zero-order chi connectivity index (χ0) is 17.1. The van der Waals surface area contributed by atoms with E-state index < -0.39 is 0 Å². The number of aromatic nitrogens is 2. The van der Waals surface area contributed by atoms with E-state index in [2.05, 4.69) is 39.6 Å². The maximum atomic E-state index is 12.2. The highest BCUT2D eigenvalue weighted by atomic mass is 16.5. The minimum atomic E-state index is -0.388. The summed E-state index contributed by atoms with van der Waals surface area (Å²) < 4.78 is 5.35. The quantitative estimate of drug-likeness (QED) is 0.697. The van der Waals surface area contributed by atoms with Gasteiger partial charge in [0, 0.05) is 11.9 Å². The van der Waals surface area contributed by atoms with Crippen LogP contribution in [0.5, 0.6) is 0 Å². The highest BCUT2D eigenvalue weighted by Gasteiger charge is 2.29. The molecule has 1 amide bonds. The van der Waals surface area contributed by atoms with E-state index in [1.165, 1.54) is 11.1 Å². The summed E-state index contributed by atoms with van der Waals surface area (Å²) in [6.45, 7) is 0.376. The minimum Gasteiger partial charge on any atom is -0.450 e. The molecule has 1 heterocycles. The largest absolute Gasteiger partial charge is 0.450 e. The lowest BCUT2D eigenvalue weighted by molar-refractivity contribution is 0.142. The van der Waals surface area contributed by atoms with Gasteiger partial charge in [-0.1, -0.05) is 48.5 Å². The monoisotopic (exact) mass is 333 g/mol. The summed E-state index contributed by atoms with van der Waals surface area (Å²) in [6.07, 6.45) is 4.61. The first kappa shape index (κ1) is 15.4. The fraction of sp³-hybridized carbons (Fsp3) is 0.200. The third kappa shape index (κ3) is 3.13. The standard InChI is InChI=1S/C20H19N3O2/c24-20(25-11-5-6-14-12-21-13-22-14)23-19-17-9-3-1-7-15(17)16-8-2-4-10-18(16)19/h1-4,7-10,12-13,19H,5-6,11H2,(H,21,22)(H,23,24). The Hall–Kier alpha value is -3.08. The van der Waals surface area contributed by atoms with Crippen molar-refractivity contribution in [2.24, 2.45) is 0 Å². The van der Waals surface area contributed by atoms with Gasteiger partial charge in [-0.2, -0.15) is 0 Å². The molecule has 0 fully saturated rings. The second-order valence-electron chi connectivity index (χ2n) is 6.07. The molecule has 0 unspecified atom stereocenters. The van der Waals surface area contributed by atoms with E-state index in [1.807, 2.05) is 24.3 Å². The number of amides is 1. The summed E-state index contributed by atoms with van der Waals surface area (Å²) in [4.78, 5) is 19.2. The van der Waals surface area contributed by atoms with Crippen LogP contribution in [0.25, 0.3) is 11.1 Å². The molecule has 3 aromatic rings. The summed E-state index contributed by atoms with van der Waals surface area (Å²) in [5.41, 5.74) is 5.60. The van der Waals surface area contributed by atoms with Crippen molar-refractivity contribution in [3.05, 3.63) is 77.9 Å². The van der Waals surface area contributed by atoms with Crippen LogP contribution in [-0.4, -0.2) is 22.7 Å². The van der Waals surface area contributed by atoms with Crippen LogP contribution in [-0.2, 0) is 11.2 Å². The average molecular weight is 333 g/mol. The number of rotatable bonds is 5. The van der Waals surface area contributed by atoms with Gasteiger partial charge in [-0.05, 0) is 35.1 Å². The predicted molar refractivity (Wildman–Crippen MR) is 95.1 cm³/mol. The van der Waals surface area contributed by atoms with Crippen molar-refractivity contribution < 1.29 is 9.53 Å². The van der Waals surface area contributed by atoms with Crippen LogP contribution in [0.3, 0.4) is 0 Å². The molecular formula is C20H19N3O2. The van der Waals surface area contributed by atoms with Crippen LogP contribution >= 0.6 is 0 Å². The summed E-state index contributed by atoms with van der Waals surface area (Å²) >= 11 is 0. The molecule has 0 radical (unpaired) electrons. The van der Waals surface area contributed by atoms with E-state index in [4.69, 9.17) is 4.74 Å². The molecule has 25 heavy (non-hydrogen) atoms. The molecule has 2 aromatic carbocycles. The van der Waals surface area contributed by atoms with Gasteiger partial charge in [0.2, 0.25) is 0 Å². The van der Waals surface area contributed by atoms with Crippen molar-refractivity contribution in [1.82, 2.24) is 15.3 Å². The maximum Gasteiger partial charge on any atom is 0.407 e. The van der Waals surface area contributed by atoms with E-state index in [0.717, 1.165) is 29.7 Å². The van der Waals surface area contributed by atoms with Crippen LogP contribution in [0.1, 0.15) is 29.3 Å². The van der Waals surface area contributed by atoms with Gasteiger partial charge in [0.25, 0.3) is 0 Å². The number of fused-ring (bicyclic) bond motifs is 3.